The van der Waals surface area contributed by atoms with Crippen LogP contribution in [0, 0.1) is 0 Å². The Morgan fingerprint density at radius 1 is 1.16 bits per heavy atom. The molecule has 0 unspecified atom stereocenters. The zero-order valence-corrected chi connectivity index (χ0v) is 13.8. The number of nitrogens with one attached hydrogen (secondary N) is 1. The van der Waals surface area contributed by atoms with Crippen LogP contribution in [0.25, 0.3) is 11.4 Å². The molecule has 0 aliphatic rings. The molecule has 0 radical (unpaired) electrons. The average molecular weight is 385 g/mol. The Bertz CT molecular complexity index is 929. The number of carbonyl (C=O) groups excluding carboxylic acids is 1. The van der Waals surface area contributed by atoms with E-state index in [0.29, 0.717) is 5.56 Å². The van der Waals surface area contributed by atoms with Crippen molar-refractivity contribution in [3.63, 3.8) is 0 Å². The lowest BCUT2D eigenvalue weighted by Crippen LogP contribution is -2.18. The van der Waals surface area contributed by atoms with Gasteiger partial charge < -0.3 is 0 Å². The monoisotopic (exact) mass is 384 g/mol. The molecule has 0 bridgehead atoms. The Morgan fingerprint density at radius 3 is 2.64 bits per heavy atom. The largest absolute Gasteiger partial charge is 0.417 e. The van der Waals surface area contributed by atoms with Crippen LogP contribution in [0.4, 0.5) is 18.3 Å². The van der Waals surface area contributed by atoms with Crippen molar-refractivity contribution in [3.05, 3.63) is 58.9 Å². The number of hydrogen-bond donors (Lipinski definition) is 1. The highest BCUT2D eigenvalue weighted by Gasteiger charge is 2.35. The summed E-state index contributed by atoms with van der Waals surface area (Å²) in [4.78, 5) is 20.1. The number of halogens is 4. The minimum absolute atomic E-state index is 0.0527. The first-order valence-electron chi connectivity index (χ1n) is 6.78. The van der Waals surface area contributed by atoms with Crippen molar-refractivity contribution < 1.29 is 18.0 Å². The third-order valence-electron chi connectivity index (χ3n) is 3.12. The number of hydrogen-bond acceptors (Lipinski definition) is 5. The molecule has 0 aliphatic carbocycles. The van der Waals surface area contributed by atoms with Crippen LogP contribution >= 0.6 is 23.1 Å². The number of alkyl halides is 3. The van der Waals surface area contributed by atoms with Crippen LogP contribution < -0.4 is 5.32 Å². The summed E-state index contributed by atoms with van der Waals surface area (Å²) in [7, 11) is 0. The Hall–Kier alpha value is -2.52. The van der Waals surface area contributed by atoms with Gasteiger partial charge in [-0.3, -0.25) is 10.1 Å². The number of rotatable bonds is 3. The van der Waals surface area contributed by atoms with E-state index in [2.05, 4.69) is 19.7 Å². The van der Waals surface area contributed by atoms with Gasteiger partial charge in [-0.05, 0) is 24.3 Å². The molecule has 2 heterocycles. The van der Waals surface area contributed by atoms with E-state index in [1.807, 2.05) is 0 Å². The molecule has 128 valence electrons. The van der Waals surface area contributed by atoms with Gasteiger partial charge in [-0.1, -0.05) is 23.7 Å². The second-order valence-electron chi connectivity index (χ2n) is 4.76. The average Bonchev–Trinajstić information content (AvgIpc) is 3.02. The minimum atomic E-state index is -4.64. The van der Waals surface area contributed by atoms with E-state index < -0.39 is 23.2 Å². The van der Waals surface area contributed by atoms with Crippen LogP contribution in [0.5, 0.6) is 0 Å². The van der Waals surface area contributed by atoms with Crippen molar-refractivity contribution in [1.82, 2.24) is 14.3 Å². The highest BCUT2D eigenvalue weighted by molar-refractivity contribution is 7.10. The number of pyridine rings is 1. The molecule has 0 saturated heterocycles. The van der Waals surface area contributed by atoms with Gasteiger partial charge in [0.1, 0.15) is 5.15 Å². The molecule has 25 heavy (non-hydrogen) atoms. The van der Waals surface area contributed by atoms with Crippen LogP contribution in [0.3, 0.4) is 0 Å². The van der Waals surface area contributed by atoms with Crippen LogP contribution in [0.1, 0.15) is 15.9 Å². The molecule has 3 rings (SSSR count). The number of anilines is 1. The van der Waals surface area contributed by atoms with Gasteiger partial charge in [0.2, 0.25) is 5.13 Å². The summed E-state index contributed by atoms with van der Waals surface area (Å²) < 4.78 is 43.0. The number of carbonyl (C=O) groups is 1. The first-order chi connectivity index (χ1) is 11.9. The molecule has 0 spiro atoms. The zero-order chi connectivity index (χ0) is 18.0. The highest BCUT2D eigenvalue weighted by atomic mass is 35.5. The molecule has 10 heteroatoms. The van der Waals surface area contributed by atoms with Crippen molar-refractivity contribution in [2.24, 2.45) is 0 Å². The molecular formula is C15H8ClF3N4OS. The molecule has 1 aromatic carbocycles. The molecule has 1 amide bonds. The number of nitrogens with zero attached hydrogens (tertiary/aromatic N) is 3. The fraction of sp³-hybridized carbons (Fsp3) is 0.0667. The normalized spacial score (nSPS) is 11.4. The second kappa shape index (κ2) is 6.77. The van der Waals surface area contributed by atoms with E-state index in [-0.39, 0.29) is 16.1 Å². The molecule has 5 nitrogen and oxygen atoms in total. The van der Waals surface area contributed by atoms with Gasteiger partial charge >= 0.3 is 6.18 Å². The minimum Gasteiger partial charge on any atom is -0.297 e. The predicted molar refractivity (Wildman–Crippen MR) is 87.5 cm³/mol. The van der Waals surface area contributed by atoms with Crippen LogP contribution in [-0.2, 0) is 6.18 Å². The van der Waals surface area contributed by atoms with Gasteiger partial charge in [-0.2, -0.15) is 22.5 Å². The summed E-state index contributed by atoms with van der Waals surface area (Å²) in [6.45, 7) is 0. The van der Waals surface area contributed by atoms with Gasteiger partial charge in [-0.25, -0.2) is 4.98 Å². The van der Waals surface area contributed by atoms with Gasteiger partial charge in [0, 0.05) is 17.7 Å². The SMILES string of the molecule is O=C(Nc1nc(-c2cccnc2Cl)ns1)c1ccccc1C(F)(F)F. The van der Waals surface area contributed by atoms with Crippen molar-refractivity contribution in [3.8, 4) is 11.4 Å². The maximum absolute atomic E-state index is 13.0. The summed E-state index contributed by atoms with van der Waals surface area (Å²) in [6, 6.07) is 7.79. The lowest BCUT2D eigenvalue weighted by molar-refractivity contribution is -0.137. The van der Waals surface area contributed by atoms with Crippen LogP contribution in [-0.4, -0.2) is 20.2 Å². The Morgan fingerprint density at radius 2 is 1.92 bits per heavy atom. The van der Waals surface area contributed by atoms with E-state index >= 15 is 0 Å². The first-order valence-corrected chi connectivity index (χ1v) is 7.93. The molecule has 0 saturated carbocycles. The van der Waals surface area contributed by atoms with E-state index in [9.17, 15) is 18.0 Å². The first kappa shape index (κ1) is 17.3. The molecule has 0 aliphatic heterocycles. The third-order valence-corrected chi connectivity index (χ3v) is 4.06. The number of aromatic nitrogens is 3. The summed E-state index contributed by atoms with van der Waals surface area (Å²) >= 11 is 6.77. The van der Waals surface area contributed by atoms with Gasteiger partial charge in [0.05, 0.1) is 16.7 Å². The van der Waals surface area contributed by atoms with Crippen molar-refractivity contribution in [1.29, 1.82) is 0 Å². The Kier molecular flexibility index (Phi) is 4.69. The molecule has 0 fully saturated rings. The zero-order valence-electron chi connectivity index (χ0n) is 12.2. The van der Waals surface area contributed by atoms with Crippen molar-refractivity contribution >= 4 is 34.2 Å². The molecule has 1 N–H and O–H groups in total. The lowest BCUT2D eigenvalue weighted by Gasteiger charge is -2.11. The molecule has 3 aromatic rings. The second-order valence-corrected chi connectivity index (χ2v) is 5.87. The van der Waals surface area contributed by atoms with E-state index in [4.69, 9.17) is 11.6 Å². The van der Waals surface area contributed by atoms with E-state index in [1.54, 1.807) is 12.1 Å². The smallest absolute Gasteiger partial charge is 0.297 e. The van der Waals surface area contributed by atoms with Gasteiger partial charge in [0.25, 0.3) is 5.91 Å². The molecule has 0 atom stereocenters. The van der Waals surface area contributed by atoms with Crippen molar-refractivity contribution in [2.45, 2.75) is 6.18 Å². The fourth-order valence-corrected chi connectivity index (χ4v) is 2.81. The van der Waals surface area contributed by atoms with Crippen molar-refractivity contribution in [2.75, 3.05) is 5.32 Å². The standard InChI is InChI=1S/C15H8ClF3N4OS/c16-11-9(5-3-7-20-11)12-21-14(25-23-12)22-13(24)8-4-1-2-6-10(8)15(17,18)19/h1-7H,(H,21,22,23,24). The van der Waals surface area contributed by atoms with Gasteiger partial charge in [-0.15, -0.1) is 0 Å². The maximum Gasteiger partial charge on any atom is 0.417 e. The quantitative estimate of drug-likeness (QED) is 0.674. The predicted octanol–water partition coefficient (Wildman–Crippen LogP) is 4.52. The Balaban J connectivity index is 1.85. The Labute approximate surface area is 148 Å². The topological polar surface area (TPSA) is 67.8 Å². The molecular weight excluding hydrogens is 377 g/mol. The fourth-order valence-electron chi connectivity index (χ4n) is 2.03. The summed E-state index contributed by atoms with van der Waals surface area (Å²) in [5.41, 5.74) is -1.06. The van der Waals surface area contributed by atoms with Crippen LogP contribution in [0.2, 0.25) is 5.15 Å². The summed E-state index contributed by atoms with van der Waals surface area (Å²) in [6.07, 6.45) is -3.14. The maximum atomic E-state index is 13.0. The van der Waals surface area contributed by atoms with Gasteiger partial charge in [0.15, 0.2) is 5.82 Å². The number of benzene rings is 1. The lowest BCUT2D eigenvalue weighted by atomic mass is 10.1. The highest BCUT2D eigenvalue weighted by Crippen LogP contribution is 2.32. The third kappa shape index (κ3) is 3.77. The summed E-state index contributed by atoms with van der Waals surface area (Å²) in [5.74, 6) is -0.699. The van der Waals surface area contributed by atoms with Crippen LogP contribution in [0.15, 0.2) is 42.6 Å². The number of amides is 1. The molecule has 2 aromatic heterocycles. The van der Waals surface area contributed by atoms with E-state index in [0.717, 1.165) is 23.7 Å². The summed E-state index contributed by atoms with van der Waals surface area (Å²) in [5, 5.41) is 2.56. The van der Waals surface area contributed by atoms with E-state index in [1.165, 1.54) is 18.3 Å².